The number of nitrogens with zero attached hydrogens (tertiary/aromatic N) is 2. The van der Waals surface area contributed by atoms with Crippen LogP contribution in [-0.2, 0) is 6.42 Å². The van der Waals surface area contributed by atoms with Gasteiger partial charge in [-0.25, -0.2) is 4.39 Å². The topological polar surface area (TPSA) is 49.6 Å². The minimum Gasteiger partial charge on any atom is -0.367 e. The molecule has 0 radical (unpaired) electrons. The highest BCUT2D eigenvalue weighted by Gasteiger charge is 2.24. The third-order valence-corrected chi connectivity index (χ3v) is 4.52. The highest BCUT2D eigenvalue weighted by Crippen LogP contribution is 2.30. The lowest BCUT2D eigenvalue weighted by Crippen LogP contribution is -2.27. The van der Waals surface area contributed by atoms with Crippen molar-refractivity contribution in [2.45, 2.75) is 19.3 Å². The summed E-state index contributed by atoms with van der Waals surface area (Å²) in [6.07, 6.45) is 3.69. The van der Waals surface area contributed by atoms with Crippen LogP contribution in [0.25, 0.3) is 0 Å². The number of hydrogen-bond donors (Lipinski definition) is 1. The molecule has 3 rings (SSSR count). The summed E-state index contributed by atoms with van der Waals surface area (Å²) >= 11 is 0. The summed E-state index contributed by atoms with van der Waals surface area (Å²) in [6.45, 7) is 3.31. The van der Waals surface area contributed by atoms with Crippen LogP contribution >= 0.6 is 0 Å². The lowest BCUT2D eigenvalue weighted by Gasteiger charge is -2.21. The van der Waals surface area contributed by atoms with E-state index < -0.39 is 0 Å². The number of anilines is 1. The van der Waals surface area contributed by atoms with Crippen molar-refractivity contribution in [1.82, 2.24) is 4.90 Å². The first-order valence-corrected chi connectivity index (χ1v) is 7.88. The van der Waals surface area contributed by atoms with Gasteiger partial charge in [-0.1, -0.05) is 0 Å². The second kappa shape index (κ2) is 6.48. The van der Waals surface area contributed by atoms with Gasteiger partial charge in [-0.2, -0.15) is 0 Å². The van der Waals surface area contributed by atoms with Gasteiger partial charge in [-0.05, 0) is 48.6 Å². The van der Waals surface area contributed by atoms with E-state index in [-0.39, 0.29) is 12.5 Å². The molecule has 1 aromatic carbocycles. The first-order valence-electron chi connectivity index (χ1n) is 7.88. The van der Waals surface area contributed by atoms with Gasteiger partial charge < -0.3 is 15.5 Å². The molecular formula is C17H22FN3O. The maximum Gasteiger partial charge on any atom is 0.253 e. The Labute approximate surface area is 130 Å². The first-order chi connectivity index (χ1) is 10.7. The van der Waals surface area contributed by atoms with Crippen molar-refractivity contribution in [2.24, 2.45) is 5.73 Å². The molecule has 2 heterocycles. The van der Waals surface area contributed by atoms with E-state index in [9.17, 15) is 9.18 Å². The predicted molar refractivity (Wildman–Crippen MR) is 85.7 cm³/mol. The van der Waals surface area contributed by atoms with Crippen molar-refractivity contribution >= 4 is 11.6 Å². The Balaban J connectivity index is 1.76. The molecule has 0 unspecified atom stereocenters. The molecule has 0 bridgehead atoms. The standard InChI is InChI=1S/C17H22FN3O/c18-10-13(11-19)12-21-8-5-14-9-15(3-4-16(14)21)17(22)20-6-1-2-7-20/h3-4,9-10H,1-2,5-8,11-12,19H2/b13-10+. The summed E-state index contributed by atoms with van der Waals surface area (Å²) in [4.78, 5) is 16.5. The van der Waals surface area contributed by atoms with Gasteiger partial charge in [0.1, 0.15) is 0 Å². The van der Waals surface area contributed by atoms with Crippen molar-refractivity contribution < 1.29 is 9.18 Å². The van der Waals surface area contributed by atoms with Gasteiger partial charge >= 0.3 is 0 Å². The number of fused-ring (bicyclic) bond motifs is 1. The summed E-state index contributed by atoms with van der Waals surface area (Å²) in [5.74, 6) is 0.130. The van der Waals surface area contributed by atoms with Crippen LogP contribution in [0.4, 0.5) is 10.1 Å². The number of benzene rings is 1. The molecule has 0 saturated carbocycles. The van der Waals surface area contributed by atoms with Crippen LogP contribution in [0.1, 0.15) is 28.8 Å². The zero-order valence-corrected chi connectivity index (χ0v) is 12.7. The van der Waals surface area contributed by atoms with Crippen molar-refractivity contribution in [2.75, 3.05) is 37.6 Å². The summed E-state index contributed by atoms with van der Waals surface area (Å²) in [6, 6.07) is 5.87. The minimum absolute atomic E-state index is 0.130. The Morgan fingerprint density at radius 2 is 2.05 bits per heavy atom. The Morgan fingerprint density at radius 3 is 2.73 bits per heavy atom. The SMILES string of the molecule is NC/C(=C\F)CN1CCc2cc(C(=O)N3CCCC3)ccc21. The maximum absolute atomic E-state index is 12.7. The Kier molecular flexibility index (Phi) is 4.43. The molecule has 0 aliphatic carbocycles. The number of hydrogen-bond acceptors (Lipinski definition) is 3. The highest BCUT2D eigenvalue weighted by atomic mass is 19.1. The third-order valence-electron chi connectivity index (χ3n) is 4.52. The Bertz CT molecular complexity index is 594. The molecule has 1 amide bonds. The Hall–Kier alpha value is -1.88. The van der Waals surface area contributed by atoms with Crippen molar-refractivity contribution in [3.63, 3.8) is 0 Å². The van der Waals surface area contributed by atoms with E-state index >= 15 is 0 Å². The average Bonchev–Trinajstić information content (AvgIpc) is 3.21. The second-order valence-corrected chi connectivity index (χ2v) is 5.99. The monoisotopic (exact) mass is 303 g/mol. The van der Waals surface area contributed by atoms with Crippen LogP contribution in [0.2, 0.25) is 0 Å². The van der Waals surface area contributed by atoms with Crippen molar-refractivity contribution in [1.29, 1.82) is 0 Å². The Morgan fingerprint density at radius 1 is 1.27 bits per heavy atom. The second-order valence-electron chi connectivity index (χ2n) is 5.99. The quantitative estimate of drug-likeness (QED) is 0.926. The largest absolute Gasteiger partial charge is 0.367 e. The smallest absolute Gasteiger partial charge is 0.253 e. The van der Waals surface area contributed by atoms with Crippen LogP contribution < -0.4 is 10.6 Å². The van der Waals surface area contributed by atoms with E-state index in [1.165, 1.54) is 5.56 Å². The number of rotatable bonds is 4. The molecule has 0 atom stereocenters. The van der Waals surface area contributed by atoms with E-state index in [0.717, 1.165) is 50.1 Å². The van der Waals surface area contributed by atoms with E-state index in [1.807, 2.05) is 23.1 Å². The molecule has 1 fully saturated rings. The van der Waals surface area contributed by atoms with Gasteiger partial charge in [0.05, 0.1) is 6.33 Å². The lowest BCUT2D eigenvalue weighted by atomic mass is 10.1. The average molecular weight is 303 g/mol. The number of carbonyl (C=O) groups is 1. The molecule has 0 aromatic heterocycles. The summed E-state index contributed by atoms with van der Waals surface area (Å²) in [5.41, 5.74) is 9.14. The van der Waals surface area contributed by atoms with E-state index in [1.54, 1.807) is 0 Å². The number of halogens is 1. The van der Waals surface area contributed by atoms with Crippen LogP contribution in [0.15, 0.2) is 30.1 Å². The molecular weight excluding hydrogens is 281 g/mol. The number of amides is 1. The van der Waals surface area contributed by atoms with Gasteiger partial charge in [0.15, 0.2) is 0 Å². The van der Waals surface area contributed by atoms with Gasteiger partial charge in [0.25, 0.3) is 5.91 Å². The molecule has 22 heavy (non-hydrogen) atoms. The molecule has 1 aromatic rings. The zero-order valence-electron chi connectivity index (χ0n) is 12.7. The van der Waals surface area contributed by atoms with Gasteiger partial charge in [-0.15, -0.1) is 0 Å². The molecule has 0 spiro atoms. The van der Waals surface area contributed by atoms with Crippen LogP contribution in [0.3, 0.4) is 0 Å². The molecule has 118 valence electrons. The van der Waals surface area contributed by atoms with Gasteiger partial charge in [-0.3, -0.25) is 4.79 Å². The van der Waals surface area contributed by atoms with Gasteiger partial charge in [0, 0.05) is 44.0 Å². The molecule has 4 nitrogen and oxygen atoms in total. The predicted octanol–water partition coefficient (Wildman–Crippen LogP) is 2.10. The van der Waals surface area contributed by atoms with Gasteiger partial charge in [0.2, 0.25) is 0 Å². The summed E-state index contributed by atoms with van der Waals surface area (Å²) in [5, 5.41) is 0. The number of likely N-dealkylation sites (tertiary alicyclic amines) is 1. The molecule has 1 saturated heterocycles. The fraction of sp³-hybridized carbons (Fsp3) is 0.471. The normalized spacial score (nSPS) is 18.0. The van der Waals surface area contributed by atoms with Crippen LogP contribution in [-0.4, -0.2) is 43.5 Å². The van der Waals surface area contributed by atoms with Crippen molar-refractivity contribution in [3.8, 4) is 0 Å². The number of carbonyl (C=O) groups excluding carboxylic acids is 1. The highest BCUT2D eigenvalue weighted by molar-refractivity contribution is 5.95. The van der Waals surface area contributed by atoms with E-state index in [4.69, 9.17) is 5.73 Å². The van der Waals surface area contributed by atoms with Crippen molar-refractivity contribution in [3.05, 3.63) is 41.2 Å². The van der Waals surface area contributed by atoms with Crippen LogP contribution in [0.5, 0.6) is 0 Å². The fourth-order valence-corrected chi connectivity index (χ4v) is 3.26. The molecule has 2 aliphatic rings. The van der Waals surface area contributed by atoms with E-state index in [0.29, 0.717) is 18.4 Å². The zero-order chi connectivity index (χ0) is 15.5. The molecule has 5 heteroatoms. The third kappa shape index (κ3) is 2.86. The van der Waals surface area contributed by atoms with E-state index in [2.05, 4.69) is 4.90 Å². The first kappa shape index (κ1) is 15.0. The summed E-state index contributed by atoms with van der Waals surface area (Å²) < 4.78 is 12.7. The molecule has 2 aliphatic heterocycles. The number of nitrogens with two attached hydrogens (primary N) is 1. The van der Waals surface area contributed by atoms with Crippen LogP contribution in [0, 0.1) is 0 Å². The lowest BCUT2D eigenvalue weighted by molar-refractivity contribution is 0.0793. The fourth-order valence-electron chi connectivity index (χ4n) is 3.26. The maximum atomic E-state index is 12.7. The minimum atomic E-state index is 0.130. The summed E-state index contributed by atoms with van der Waals surface area (Å²) in [7, 11) is 0. The molecule has 2 N–H and O–H groups in total.